The first-order chi connectivity index (χ1) is 7.27. The van der Waals surface area contributed by atoms with E-state index in [2.05, 4.69) is 5.32 Å². The summed E-state index contributed by atoms with van der Waals surface area (Å²) < 4.78 is 5.34. The van der Waals surface area contributed by atoms with Gasteiger partial charge in [0.15, 0.2) is 0 Å². The van der Waals surface area contributed by atoms with Crippen LogP contribution in [0.2, 0.25) is 0 Å². The molecule has 0 spiro atoms. The Kier molecular flexibility index (Phi) is 3.20. The number of nitrogens with zero attached hydrogens (tertiary/aromatic N) is 1. The largest absolute Gasteiger partial charge is 0.368 e. The van der Waals surface area contributed by atoms with Crippen LogP contribution in [-0.4, -0.2) is 49.1 Å². The number of carbonyl (C=O) groups is 2. The highest BCUT2D eigenvalue weighted by Gasteiger charge is 2.29. The second kappa shape index (κ2) is 4.61. The summed E-state index contributed by atoms with van der Waals surface area (Å²) in [6, 6.07) is 0. The van der Waals surface area contributed by atoms with Crippen molar-refractivity contribution in [3.05, 3.63) is 0 Å². The Morgan fingerprint density at radius 3 is 3.07 bits per heavy atom. The third-order valence-corrected chi connectivity index (χ3v) is 2.83. The van der Waals surface area contributed by atoms with Crippen molar-refractivity contribution in [1.82, 2.24) is 10.2 Å². The molecule has 2 fully saturated rings. The molecule has 5 heteroatoms. The summed E-state index contributed by atoms with van der Waals surface area (Å²) in [5, 5.41) is 2.75. The van der Waals surface area contributed by atoms with E-state index in [9.17, 15) is 9.59 Å². The zero-order chi connectivity index (χ0) is 10.7. The fraction of sp³-hybridized carbons (Fsp3) is 0.800. The third kappa shape index (κ3) is 2.47. The lowest BCUT2D eigenvalue weighted by Crippen LogP contribution is -2.40. The summed E-state index contributed by atoms with van der Waals surface area (Å²) in [5.41, 5.74) is 0. The van der Waals surface area contributed by atoms with Crippen molar-refractivity contribution in [1.29, 1.82) is 0 Å². The second-order valence-electron chi connectivity index (χ2n) is 3.93. The first-order valence-corrected chi connectivity index (χ1v) is 5.44. The molecule has 2 amide bonds. The molecule has 0 aliphatic carbocycles. The number of nitrogens with one attached hydrogen (secondary N) is 1. The van der Waals surface area contributed by atoms with Crippen molar-refractivity contribution < 1.29 is 14.3 Å². The average molecular weight is 212 g/mol. The minimum Gasteiger partial charge on any atom is -0.368 e. The highest BCUT2D eigenvalue weighted by Crippen LogP contribution is 2.15. The Balaban J connectivity index is 1.91. The molecule has 0 saturated carbocycles. The van der Waals surface area contributed by atoms with Gasteiger partial charge in [0, 0.05) is 32.7 Å². The predicted octanol–water partition coefficient (Wildman–Crippen LogP) is -0.486. The van der Waals surface area contributed by atoms with Crippen LogP contribution in [0.25, 0.3) is 0 Å². The van der Waals surface area contributed by atoms with Gasteiger partial charge in [0.2, 0.25) is 5.91 Å². The minimum atomic E-state index is -0.266. The average Bonchev–Trinajstić information content (AvgIpc) is 2.67. The van der Waals surface area contributed by atoms with Gasteiger partial charge in [-0.25, -0.2) is 0 Å². The normalized spacial score (nSPS) is 27.3. The van der Waals surface area contributed by atoms with Crippen LogP contribution in [0.5, 0.6) is 0 Å². The van der Waals surface area contributed by atoms with Crippen LogP contribution in [0.3, 0.4) is 0 Å². The van der Waals surface area contributed by atoms with Gasteiger partial charge in [-0.1, -0.05) is 0 Å². The molecule has 5 nitrogen and oxygen atoms in total. The number of hydrogen-bond donors (Lipinski definition) is 1. The van der Waals surface area contributed by atoms with E-state index >= 15 is 0 Å². The lowest BCUT2D eigenvalue weighted by molar-refractivity contribution is -0.140. The van der Waals surface area contributed by atoms with E-state index in [1.165, 1.54) is 0 Å². The van der Waals surface area contributed by atoms with Gasteiger partial charge in [0.25, 0.3) is 5.91 Å². The number of amides is 2. The van der Waals surface area contributed by atoms with Crippen molar-refractivity contribution in [2.24, 2.45) is 0 Å². The maximum Gasteiger partial charge on any atom is 0.251 e. The van der Waals surface area contributed by atoms with Crippen molar-refractivity contribution in [2.75, 3.05) is 26.2 Å². The van der Waals surface area contributed by atoms with Gasteiger partial charge in [0.05, 0.1) is 0 Å². The van der Waals surface area contributed by atoms with Gasteiger partial charge in [-0.05, 0) is 12.8 Å². The molecular formula is C10H16N2O3. The molecule has 1 unspecified atom stereocenters. The van der Waals surface area contributed by atoms with Crippen LogP contribution in [0.15, 0.2) is 0 Å². The standard InChI is InChI=1S/C10H16N2O3/c13-9-3-5-12(6-4-11-9)10(14)8-2-1-7-15-8/h8H,1-7H2,(H,11,13). The lowest BCUT2D eigenvalue weighted by Gasteiger charge is -2.22. The van der Waals surface area contributed by atoms with E-state index in [-0.39, 0.29) is 17.9 Å². The molecule has 2 rings (SSSR count). The molecule has 2 aliphatic rings. The molecule has 0 aromatic rings. The van der Waals surface area contributed by atoms with Gasteiger partial charge in [0.1, 0.15) is 6.10 Å². The molecule has 0 bridgehead atoms. The summed E-state index contributed by atoms with van der Waals surface area (Å²) in [6.07, 6.45) is 1.91. The second-order valence-corrected chi connectivity index (χ2v) is 3.93. The Morgan fingerprint density at radius 1 is 1.47 bits per heavy atom. The zero-order valence-electron chi connectivity index (χ0n) is 8.70. The molecule has 1 N–H and O–H groups in total. The van der Waals surface area contributed by atoms with Crippen LogP contribution in [-0.2, 0) is 14.3 Å². The molecule has 0 radical (unpaired) electrons. The van der Waals surface area contributed by atoms with Gasteiger partial charge in [-0.15, -0.1) is 0 Å². The quantitative estimate of drug-likeness (QED) is 0.638. The first kappa shape index (κ1) is 10.4. The Labute approximate surface area is 88.8 Å². The number of hydrogen-bond acceptors (Lipinski definition) is 3. The van der Waals surface area contributed by atoms with Crippen molar-refractivity contribution in [2.45, 2.75) is 25.4 Å². The van der Waals surface area contributed by atoms with Gasteiger partial charge < -0.3 is 15.0 Å². The summed E-state index contributed by atoms with van der Waals surface area (Å²) in [4.78, 5) is 24.7. The molecular weight excluding hydrogens is 196 g/mol. The lowest BCUT2D eigenvalue weighted by atomic mass is 10.2. The van der Waals surface area contributed by atoms with Crippen LogP contribution in [0.4, 0.5) is 0 Å². The summed E-state index contributed by atoms with van der Waals surface area (Å²) in [6.45, 7) is 2.35. The van der Waals surface area contributed by atoms with Crippen molar-refractivity contribution in [3.63, 3.8) is 0 Å². The highest BCUT2D eigenvalue weighted by atomic mass is 16.5. The highest BCUT2D eigenvalue weighted by molar-refractivity contribution is 5.83. The first-order valence-electron chi connectivity index (χ1n) is 5.44. The number of rotatable bonds is 1. The van der Waals surface area contributed by atoms with Gasteiger partial charge in [-0.3, -0.25) is 9.59 Å². The van der Waals surface area contributed by atoms with Crippen LogP contribution < -0.4 is 5.32 Å². The molecule has 2 heterocycles. The molecule has 84 valence electrons. The van der Waals surface area contributed by atoms with Gasteiger partial charge in [-0.2, -0.15) is 0 Å². The molecule has 0 aromatic carbocycles. The molecule has 0 aromatic heterocycles. The van der Waals surface area contributed by atoms with E-state index in [0.717, 1.165) is 12.8 Å². The SMILES string of the molecule is O=C1CCN(C(=O)C2CCCO2)CCN1. The van der Waals surface area contributed by atoms with Crippen LogP contribution in [0.1, 0.15) is 19.3 Å². The third-order valence-electron chi connectivity index (χ3n) is 2.83. The van der Waals surface area contributed by atoms with Crippen LogP contribution in [0, 0.1) is 0 Å². The topological polar surface area (TPSA) is 58.6 Å². The molecule has 1 atom stereocenters. The van der Waals surface area contributed by atoms with E-state index < -0.39 is 0 Å². The van der Waals surface area contributed by atoms with Gasteiger partial charge >= 0.3 is 0 Å². The van der Waals surface area contributed by atoms with Crippen molar-refractivity contribution >= 4 is 11.8 Å². The Morgan fingerprint density at radius 2 is 2.33 bits per heavy atom. The molecule has 2 aliphatic heterocycles. The van der Waals surface area contributed by atoms with E-state index in [0.29, 0.717) is 32.7 Å². The fourth-order valence-electron chi connectivity index (χ4n) is 1.96. The van der Waals surface area contributed by atoms with E-state index in [1.807, 2.05) is 0 Å². The summed E-state index contributed by atoms with van der Waals surface area (Å²) in [7, 11) is 0. The maximum absolute atomic E-state index is 11.9. The minimum absolute atomic E-state index is 0.0256. The van der Waals surface area contributed by atoms with E-state index in [1.54, 1.807) is 4.90 Å². The fourth-order valence-corrected chi connectivity index (χ4v) is 1.96. The zero-order valence-corrected chi connectivity index (χ0v) is 8.70. The molecule has 15 heavy (non-hydrogen) atoms. The van der Waals surface area contributed by atoms with Crippen LogP contribution >= 0.6 is 0 Å². The number of carbonyl (C=O) groups excluding carboxylic acids is 2. The van der Waals surface area contributed by atoms with E-state index in [4.69, 9.17) is 4.74 Å². The monoisotopic (exact) mass is 212 g/mol. The molecule has 2 saturated heterocycles. The predicted molar refractivity (Wildman–Crippen MR) is 53.2 cm³/mol. The maximum atomic E-state index is 11.9. The smallest absolute Gasteiger partial charge is 0.251 e. The van der Waals surface area contributed by atoms with Crippen molar-refractivity contribution in [3.8, 4) is 0 Å². The summed E-state index contributed by atoms with van der Waals surface area (Å²) >= 11 is 0. The number of ether oxygens (including phenoxy) is 1. The Hall–Kier alpha value is -1.10. The Bertz CT molecular complexity index is 261. The summed E-state index contributed by atoms with van der Waals surface area (Å²) in [5.74, 6) is 0.0710.